The normalized spacial score (nSPS) is 11.7. The lowest BCUT2D eigenvalue weighted by Crippen LogP contribution is -1.84. The van der Waals surface area contributed by atoms with E-state index in [1.54, 1.807) is 36.5 Å². The number of hydrogen-bond acceptors (Lipinski definition) is 6. The molecule has 6 nitrogen and oxygen atoms in total. The Bertz CT molecular complexity index is 1600. The van der Waals surface area contributed by atoms with Gasteiger partial charge >= 0.3 is 0 Å². The first-order valence-electron chi connectivity index (χ1n) is 11.0. The number of aromatic nitrogens is 1. The number of benzene rings is 4. The van der Waals surface area contributed by atoms with Crippen LogP contribution in [0, 0.1) is 13.8 Å². The number of nitrogens with zero attached hydrogens (tertiary/aromatic N) is 4. The zero-order valence-corrected chi connectivity index (χ0v) is 19.9. The molecule has 1 heterocycles. The quantitative estimate of drug-likeness (QED) is 0.202. The summed E-state index contributed by atoms with van der Waals surface area (Å²) in [6.45, 7) is 4.00. The molecule has 0 aliphatic rings. The summed E-state index contributed by atoms with van der Waals surface area (Å²) in [7, 11) is 0. The van der Waals surface area contributed by atoms with Gasteiger partial charge in [-0.3, -0.25) is 4.99 Å². The molecule has 7 heteroatoms. The maximum atomic E-state index is 10.3. The highest BCUT2D eigenvalue weighted by Gasteiger charge is 2.10. The van der Waals surface area contributed by atoms with E-state index in [1.807, 2.05) is 62.4 Å². The Morgan fingerprint density at radius 3 is 2.57 bits per heavy atom. The van der Waals surface area contributed by atoms with Gasteiger partial charge in [-0.25, -0.2) is 4.98 Å². The maximum absolute atomic E-state index is 10.3. The number of azo groups is 1. The van der Waals surface area contributed by atoms with Gasteiger partial charge in [-0.2, -0.15) is 5.11 Å². The van der Waals surface area contributed by atoms with Crippen LogP contribution >= 0.6 is 11.6 Å². The second-order valence-electron chi connectivity index (χ2n) is 8.14. The molecule has 1 N–H and O–H groups in total. The zero-order valence-electron chi connectivity index (χ0n) is 19.1. The molecule has 0 saturated heterocycles. The first-order chi connectivity index (χ1) is 17.0. The van der Waals surface area contributed by atoms with Crippen molar-refractivity contribution in [2.45, 2.75) is 13.8 Å². The van der Waals surface area contributed by atoms with E-state index in [4.69, 9.17) is 16.0 Å². The number of phenols is 1. The van der Waals surface area contributed by atoms with Gasteiger partial charge in [-0.1, -0.05) is 29.8 Å². The molecule has 0 aliphatic heterocycles. The van der Waals surface area contributed by atoms with Crippen LogP contribution in [-0.4, -0.2) is 16.3 Å². The van der Waals surface area contributed by atoms with E-state index in [0.29, 0.717) is 27.9 Å². The Morgan fingerprint density at radius 1 is 0.886 bits per heavy atom. The summed E-state index contributed by atoms with van der Waals surface area (Å²) in [4.78, 5) is 9.18. The second-order valence-corrected chi connectivity index (χ2v) is 8.55. The van der Waals surface area contributed by atoms with E-state index >= 15 is 0 Å². The van der Waals surface area contributed by atoms with Crippen LogP contribution in [0.1, 0.15) is 16.7 Å². The summed E-state index contributed by atoms with van der Waals surface area (Å²) in [6, 6.07) is 23.9. The minimum atomic E-state index is 0.0986. The van der Waals surface area contributed by atoms with Crippen molar-refractivity contribution in [1.29, 1.82) is 0 Å². The monoisotopic (exact) mass is 480 g/mol. The number of hydrogen-bond donors (Lipinski definition) is 1. The van der Waals surface area contributed by atoms with Crippen molar-refractivity contribution in [3.63, 3.8) is 0 Å². The number of halogens is 1. The van der Waals surface area contributed by atoms with Crippen molar-refractivity contribution >= 4 is 46.0 Å². The summed E-state index contributed by atoms with van der Waals surface area (Å²) in [5, 5.41) is 19.2. The molecule has 4 aromatic carbocycles. The molecule has 0 unspecified atom stereocenters. The smallest absolute Gasteiger partial charge is 0.227 e. The van der Waals surface area contributed by atoms with Gasteiger partial charge in [-0.15, -0.1) is 5.11 Å². The highest BCUT2D eigenvalue weighted by molar-refractivity contribution is 6.32. The van der Waals surface area contributed by atoms with Crippen molar-refractivity contribution in [3.05, 3.63) is 101 Å². The van der Waals surface area contributed by atoms with Gasteiger partial charge in [0.1, 0.15) is 17.0 Å². The SMILES string of the molecule is Cc1ccc2oc(-c3ccc(N=Cc4cc(N=Nc5ccccc5Cl)ccc4O)c(C)c3)nc2c1. The van der Waals surface area contributed by atoms with Crippen molar-refractivity contribution in [3.8, 4) is 17.2 Å². The number of aliphatic imine (C=N–C) groups is 1. The van der Waals surface area contributed by atoms with E-state index < -0.39 is 0 Å². The topological polar surface area (TPSA) is 83.3 Å². The molecule has 1 aromatic heterocycles. The molecule has 35 heavy (non-hydrogen) atoms. The van der Waals surface area contributed by atoms with Crippen molar-refractivity contribution in [2.24, 2.45) is 15.2 Å². The second kappa shape index (κ2) is 9.52. The molecule has 5 aromatic rings. The van der Waals surface area contributed by atoms with Crippen molar-refractivity contribution < 1.29 is 9.52 Å². The van der Waals surface area contributed by atoms with E-state index in [0.717, 1.165) is 33.5 Å². The van der Waals surface area contributed by atoms with E-state index in [-0.39, 0.29) is 5.75 Å². The highest BCUT2D eigenvalue weighted by atomic mass is 35.5. The highest BCUT2D eigenvalue weighted by Crippen LogP contribution is 2.31. The van der Waals surface area contributed by atoms with Crippen LogP contribution in [0.25, 0.3) is 22.6 Å². The Kier molecular flexibility index (Phi) is 6.12. The third-order valence-electron chi connectivity index (χ3n) is 5.47. The standard InChI is InChI=1S/C28H21ClN4O2/c1-17-7-12-27-25(13-17)31-28(35-27)19-8-10-23(18(2)14-19)30-16-20-15-21(9-11-26(20)34)32-33-24-6-4-3-5-22(24)29/h3-16,34H,1-2H3. The maximum Gasteiger partial charge on any atom is 0.227 e. The molecule has 172 valence electrons. The zero-order chi connectivity index (χ0) is 24.4. The molecule has 0 fully saturated rings. The fourth-order valence-electron chi connectivity index (χ4n) is 3.59. The number of oxazole rings is 1. The summed E-state index contributed by atoms with van der Waals surface area (Å²) in [6.07, 6.45) is 1.61. The van der Waals surface area contributed by atoms with Crippen molar-refractivity contribution in [1.82, 2.24) is 4.98 Å². The lowest BCUT2D eigenvalue weighted by molar-refractivity contribution is 0.474. The number of aromatic hydroxyl groups is 1. The molecular weight excluding hydrogens is 460 g/mol. The minimum absolute atomic E-state index is 0.0986. The summed E-state index contributed by atoms with van der Waals surface area (Å²) < 4.78 is 5.91. The molecule has 5 rings (SSSR count). The summed E-state index contributed by atoms with van der Waals surface area (Å²) in [5.74, 6) is 0.667. The lowest BCUT2D eigenvalue weighted by atomic mass is 10.1. The molecule has 0 atom stereocenters. The van der Waals surface area contributed by atoms with E-state index in [9.17, 15) is 5.11 Å². The minimum Gasteiger partial charge on any atom is -0.507 e. The van der Waals surface area contributed by atoms with Crippen LogP contribution in [0.15, 0.2) is 98.5 Å². The average Bonchev–Trinajstić information content (AvgIpc) is 3.27. The lowest BCUT2D eigenvalue weighted by Gasteiger charge is -2.04. The molecule has 0 saturated carbocycles. The molecule has 0 aliphatic carbocycles. The van der Waals surface area contributed by atoms with Gasteiger partial charge in [0.15, 0.2) is 5.58 Å². The first-order valence-corrected chi connectivity index (χ1v) is 11.4. The fourth-order valence-corrected chi connectivity index (χ4v) is 3.76. The van der Waals surface area contributed by atoms with Crippen molar-refractivity contribution in [2.75, 3.05) is 0 Å². The van der Waals surface area contributed by atoms with Gasteiger partial charge in [0.2, 0.25) is 5.89 Å². The number of aryl methyl sites for hydroxylation is 2. The number of phenolic OH excluding ortho intramolecular Hbond substituents is 1. The Hall–Kier alpha value is -4.29. The predicted octanol–water partition coefficient (Wildman–Crippen LogP) is 8.64. The molecular formula is C28H21ClN4O2. The number of rotatable bonds is 5. The predicted molar refractivity (Wildman–Crippen MR) is 140 cm³/mol. The summed E-state index contributed by atoms with van der Waals surface area (Å²) in [5.41, 5.74) is 6.99. The van der Waals surface area contributed by atoms with E-state index in [2.05, 4.69) is 20.2 Å². The van der Waals surface area contributed by atoms with Gasteiger partial charge < -0.3 is 9.52 Å². The number of fused-ring (bicyclic) bond motifs is 1. The first kappa shape index (κ1) is 22.5. The van der Waals surface area contributed by atoms with E-state index in [1.165, 1.54) is 0 Å². The molecule has 0 spiro atoms. The Morgan fingerprint density at radius 2 is 1.74 bits per heavy atom. The van der Waals surface area contributed by atoms with Crippen LogP contribution in [0.3, 0.4) is 0 Å². The third-order valence-corrected chi connectivity index (χ3v) is 5.79. The summed E-state index contributed by atoms with van der Waals surface area (Å²) >= 11 is 6.13. The Balaban J connectivity index is 1.38. The van der Waals surface area contributed by atoms with Gasteiger partial charge in [-0.05, 0) is 85.6 Å². The van der Waals surface area contributed by atoms with Crippen LogP contribution in [0.2, 0.25) is 5.02 Å². The van der Waals surface area contributed by atoms with Gasteiger partial charge in [0.25, 0.3) is 0 Å². The van der Waals surface area contributed by atoms with Crippen LogP contribution < -0.4 is 0 Å². The van der Waals surface area contributed by atoms with Crippen LogP contribution in [0.5, 0.6) is 5.75 Å². The third kappa shape index (κ3) is 4.98. The fraction of sp³-hybridized carbons (Fsp3) is 0.0714. The van der Waals surface area contributed by atoms with Crippen LogP contribution in [-0.2, 0) is 0 Å². The largest absolute Gasteiger partial charge is 0.507 e. The molecule has 0 radical (unpaired) electrons. The Labute approximate surface area is 207 Å². The van der Waals surface area contributed by atoms with Crippen LogP contribution in [0.4, 0.5) is 17.1 Å². The van der Waals surface area contributed by atoms with Gasteiger partial charge in [0, 0.05) is 17.3 Å². The average molecular weight is 481 g/mol. The van der Waals surface area contributed by atoms with Gasteiger partial charge in [0.05, 0.1) is 16.4 Å². The molecule has 0 bridgehead atoms. The molecule has 0 amide bonds.